The first-order chi connectivity index (χ1) is 20.9. The lowest BCUT2D eigenvalue weighted by atomic mass is 9.82. The Morgan fingerprint density at radius 2 is 1.16 bits per heavy atom. The molecule has 208 valence electrons. The number of fused-ring (bicyclic) bond motifs is 6. The Kier molecular flexibility index (Phi) is 5.64. The zero-order valence-electron chi connectivity index (χ0n) is 25.0. The summed E-state index contributed by atoms with van der Waals surface area (Å²) in [4.78, 5) is 2.38. The molecule has 1 aliphatic rings. The van der Waals surface area contributed by atoms with Gasteiger partial charge in [0.25, 0.3) is 0 Å². The zero-order valence-corrected chi connectivity index (χ0v) is 25.0. The van der Waals surface area contributed by atoms with E-state index in [0.717, 1.165) is 39.0 Å². The van der Waals surface area contributed by atoms with Crippen molar-refractivity contribution in [1.82, 2.24) is 0 Å². The van der Waals surface area contributed by atoms with Gasteiger partial charge in [-0.25, -0.2) is 0 Å². The lowest BCUT2D eigenvalue weighted by Gasteiger charge is -2.28. The summed E-state index contributed by atoms with van der Waals surface area (Å²) in [5, 5.41) is 2.26. The molecule has 43 heavy (non-hydrogen) atoms. The molecule has 0 spiro atoms. The average molecular weight is 556 g/mol. The van der Waals surface area contributed by atoms with Crippen LogP contribution >= 0.6 is 0 Å². The number of nitrogens with zero attached hydrogens (tertiary/aromatic N) is 1. The van der Waals surface area contributed by atoms with Crippen molar-refractivity contribution in [1.29, 1.82) is 0 Å². The van der Waals surface area contributed by atoms with E-state index in [9.17, 15) is 0 Å². The number of para-hydroxylation sites is 1. The van der Waals surface area contributed by atoms with Crippen LogP contribution in [0.5, 0.6) is 0 Å². The van der Waals surface area contributed by atoms with Gasteiger partial charge < -0.3 is 9.32 Å². The van der Waals surface area contributed by atoms with Crippen LogP contribution in [0.15, 0.2) is 132 Å². The maximum Gasteiger partial charge on any atom is 0.135 e. The second-order valence-electron chi connectivity index (χ2n) is 12.3. The van der Waals surface area contributed by atoms with Crippen LogP contribution in [-0.4, -0.2) is 0 Å². The maximum absolute atomic E-state index is 6.19. The van der Waals surface area contributed by atoms with Crippen LogP contribution < -0.4 is 4.90 Å². The van der Waals surface area contributed by atoms with Gasteiger partial charge in [0.05, 0.1) is 0 Å². The van der Waals surface area contributed by atoms with Crippen LogP contribution in [0.25, 0.3) is 44.2 Å². The lowest BCUT2D eigenvalue weighted by molar-refractivity contribution is 0.660. The monoisotopic (exact) mass is 555 g/mol. The fourth-order valence-electron chi connectivity index (χ4n) is 6.99. The third kappa shape index (κ3) is 3.94. The SMILES string of the molecule is Cc1cccc(-c2ccc(N(c3ccc4c(c3)C(C)(C)c3ccccc3-4)c3ccc4oc5ccccc5c4c3)cc2)c1C. The first-order valence-electron chi connectivity index (χ1n) is 15.0. The first-order valence-corrected chi connectivity index (χ1v) is 15.0. The zero-order chi connectivity index (χ0) is 29.3. The standard InChI is InChI=1S/C41H33NO/c1-26-10-9-13-32(27(26)2)28-16-18-29(19-17-28)42(30-21-23-40-36(24-30)35-12-6-8-15-39(35)43-40)31-20-22-34-33-11-5-7-14-37(33)41(3,4)38(34)25-31/h5-25H,1-4H3. The summed E-state index contributed by atoms with van der Waals surface area (Å²) in [6.45, 7) is 9.07. The van der Waals surface area contributed by atoms with E-state index in [1.165, 1.54) is 44.5 Å². The molecular formula is C41H33NO. The summed E-state index contributed by atoms with van der Waals surface area (Å²) in [5.74, 6) is 0. The van der Waals surface area contributed by atoms with E-state index in [1.54, 1.807) is 0 Å². The molecule has 1 aromatic heterocycles. The van der Waals surface area contributed by atoms with Crippen molar-refractivity contribution in [2.45, 2.75) is 33.1 Å². The highest BCUT2D eigenvalue weighted by Gasteiger charge is 2.35. The number of aryl methyl sites for hydroxylation is 1. The summed E-state index contributed by atoms with van der Waals surface area (Å²) < 4.78 is 6.19. The third-order valence-electron chi connectivity index (χ3n) is 9.48. The van der Waals surface area contributed by atoms with E-state index in [4.69, 9.17) is 4.42 Å². The molecule has 6 aromatic carbocycles. The Labute approximate surface area is 252 Å². The Hall–Kier alpha value is -5.08. The van der Waals surface area contributed by atoms with Crippen molar-refractivity contribution in [2.24, 2.45) is 0 Å². The van der Waals surface area contributed by atoms with Crippen LogP contribution in [0.2, 0.25) is 0 Å². The van der Waals surface area contributed by atoms with Crippen molar-refractivity contribution in [3.8, 4) is 22.3 Å². The molecule has 0 fully saturated rings. The highest BCUT2D eigenvalue weighted by Crippen LogP contribution is 2.50. The number of hydrogen-bond donors (Lipinski definition) is 0. The molecule has 0 bridgehead atoms. The quantitative estimate of drug-likeness (QED) is 0.215. The molecule has 2 nitrogen and oxygen atoms in total. The van der Waals surface area contributed by atoms with Gasteiger partial charge in [-0.05, 0) is 107 Å². The van der Waals surface area contributed by atoms with Gasteiger partial charge in [-0.1, -0.05) is 92.7 Å². The van der Waals surface area contributed by atoms with Crippen LogP contribution in [0.3, 0.4) is 0 Å². The van der Waals surface area contributed by atoms with Gasteiger partial charge in [0.1, 0.15) is 11.2 Å². The predicted molar refractivity (Wildman–Crippen MR) is 181 cm³/mol. The molecule has 1 heterocycles. The topological polar surface area (TPSA) is 16.4 Å². The fraction of sp³-hybridized carbons (Fsp3) is 0.122. The molecule has 0 saturated heterocycles. The third-order valence-corrected chi connectivity index (χ3v) is 9.48. The summed E-state index contributed by atoms with van der Waals surface area (Å²) >= 11 is 0. The van der Waals surface area contributed by atoms with Crippen LogP contribution in [0, 0.1) is 13.8 Å². The van der Waals surface area contributed by atoms with Gasteiger partial charge >= 0.3 is 0 Å². The van der Waals surface area contributed by atoms with E-state index < -0.39 is 0 Å². The molecule has 0 atom stereocenters. The molecular weight excluding hydrogens is 522 g/mol. The molecule has 0 unspecified atom stereocenters. The molecule has 2 heteroatoms. The fourth-order valence-corrected chi connectivity index (χ4v) is 6.99. The Balaban J connectivity index is 1.31. The van der Waals surface area contributed by atoms with E-state index >= 15 is 0 Å². The molecule has 0 amide bonds. The number of hydrogen-bond acceptors (Lipinski definition) is 2. The Morgan fingerprint density at radius 1 is 0.512 bits per heavy atom. The van der Waals surface area contributed by atoms with Crippen molar-refractivity contribution in [3.05, 3.63) is 150 Å². The molecule has 0 saturated carbocycles. The van der Waals surface area contributed by atoms with Crippen molar-refractivity contribution < 1.29 is 4.42 Å². The second kappa shape index (κ2) is 9.47. The summed E-state index contributed by atoms with van der Waals surface area (Å²) in [6, 6.07) is 46.2. The van der Waals surface area contributed by atoms with Crippen molar-refractivity contribution in [2.75, 3.05) is 4.90 Å². The van der Waals surface area contributed by atoms with Gasteiger partial charge in [-0.15, -0.1) is 0 Å². The molecule has 0 radical (unpaired) electrons. The maximum atomic E-state index is 6.19. The Morgan fingerprint density at radius 3 is 2.02 bits per heavy atom. The van der Waals surface area contributed by atoms with Crippen LogP contribution in [-0.2, 0) is 5.41 Å². The minimum absolute atomic E-state index is 0.0785. The molecule has 0 N–H and O–H groups in total. The summed E-state index contributed by atoms with van der Waals surface area (Å²) in [5.41, 5.74) is 15.7. The van der Waals surface area contributed by atoms with Crippen molar-refractivity contribution in [3.63, 3.8) is 0 Å². The van der Waals surface area contributed by atoms with Gasteiger partial charge in [-0.3, -0.25) is 0 Å². The minimum atomic E-state index is -0.0785. The van der Waals surface area contributed by atoms with Gasteiger partial charge in [-0.2, -0.15) is 0 Å². The van der Waals surface area contributed by atoms with E-state index in [2.05, 4.69) is 148 Å². The normalized spacial score (nSPS) is 13.3. The second-order valence-corrected chi connectivity index (χ2v) is 12.3. The van der Waals surface area contributed by atoms with Crippen LogP contribution in [0.1, 0.15) is 36.1 Å². The predicted octanol–water partition coefficient (Wildman–Crippen LogP) is 11.6. The molecule has 8 rings (SSSR count). The minimum Gasteiger partial charge on any atom is -0.456 e. The van der Waals surface area contributed by atoms with Gasteiger partial charge in [0.15, 0.2) is 0 Å². The molecule has 1 aliphatic carbocycles. The highest BCUT2D eigenvalue weighted by molar-refractivity contribution is 6.06. The summed E-state index contributed by atoms with van der Waals surface area (Å²) in [6.07, 6.45) is 0. The van der Waals surface area contributed by atoms with E-state index in [1.807, 2.05) is 12.1 Å². The number of benzene rings is 6. The number of anilines is 3. The Bertz CT molecular complexity index is 2180. The van der Waals surface area contributed by atoms with Crippen molar-refractivity contribution >= 4 is 39.0 Å². The smallest absolute Gasteiger partial charge is 0.135 e. The number of rotatable bonds is 4. The highest BCUT2D eigenvalue weighted by atomic mass is 16.3. The summed E-state index contributed by atoms with van der Waals surface area (Å²) in [7, 11) is 0. The largest absolute Gasteiger partial charge is 0.456 e. The first kappa shape index (κ1) is 25.6. The average Bonchev–Trinajstić information content (AvgIpc) is 3.51. The van der Waals surface area contributed by atoms with Gasteiger partial charge in [0.2, 0.25) is 0 Å². The van der Waals surface area contributed by atoms with E-state index in [0.29, 0.717) is 0 Å². The van der Waals surface area contributed by atoms with Gasteiger partial charge in [0, 0.05) is 33.2 Å². The van der Waals surface area contributed by atoms with E-state index in [-0.39, 0.29) is 5.41 Å². The molecule has 0 aliphatic heterocycles. The lowest BCUT2D eigenvalue weighted by Crippen LogP contribution is -2.16. The molecule has 7 aromatic rings. The van der Waals surface area contributed by atoms with Crippen LogP contribution in [0.4, 0.5) is 17.1 Å². The number of furan rings is 1.